The number of nitrogens with zero attached hydrogens (tertiary/aromatic N) is 2. The van der Waals surface area contributed by atoms with Crippen molar-refractivity contribution in [2.45, 2.75) is 10.1 Å². The smallest absolute Gasteiger partial charge is 0.245 e. The molecule has 0 spiro atoms. The quantitative estimate of drug-likeness (QED) is 0.786. The van der Waals surface area contributed by atoms with Gasteiger partial charge in [-0.25, -0.2) is 4.98 Å². The van der Waals surface area contributed by atoms with Crippen LogP contribution in [0.25, 0.3) is 5.69 Å². The number of nitrogens with one attached hydrogen (secondary N) is 1. The zero-order valence-electron chi connectivity index (χ0n) is 11.6. The van der Waals surface area contributed by atoms with Gasteiger partial charge >= 0.3 is 0 Å². The Kier molecular flexibility index (Phi) is 3.20. The van der Waals surface area contributed by atoms with E-state index in [9.17, 15) is 4.79 Å². The van der Waals surface area contributed by atoms with Gasteiger partial charge in [-0.05, 0) is 24.3 Å². The number of anilines is 1. The van der Waals surface area contributed by atoms with E-state index in [4.69, 9.17) is 0 Å². The summed E-state index contributed by atoms with van der Waals surface area (Å²) in [6, 6.07) is 17.8. The van der Waals surface area contributed by atoms with Crippen LogP contribution in [0.4, 0.5) is 5.69 Å². The van der Waals surface area contributed by atoms with Crippen molar-refractivity contribution in [3.8, 4) is 5.69 Å². The van der Waals surface area contributed by atoms with Crippen LogP contribution in [0.15, 0.2) is 71.9 Å². The van der Waals surface area contributed by atoms with Crippen LogP contribution < -0.4 is 5.32 Å². The lowest BCUT2D eigenvalue weighted by Crippen LogP contribution is -2.25. The van der Waals surface area contributed by atoms with Crippen molar-refractivity contribution in [2.24, 2.45) is 0 Å². The van der Waals surface area contributed by atoms with Gasteiger partial charge in [0.25, 0.3) is 0 Å². The van der Waals surface area contributed by atoms with Crippen LogP contribution in [0.1, 0.15) is 11.1 Å². The molecule has 4 rings (SSSR count). The number of thioether (sulfide) groups is 1. The third-order valence-corrected chi connectivity index (χ3v) is 4.84. The summed E-state index contributed by atoms with van der Waals surface area (Å²) in [5.74, 6) is 0.704. The number of imidazole rings is 1. The largest absolute Gasteiger partial charge is 0.324 e. The highest BCUT2D eigenvalue weighted by Crippen LogP contribution is 2.43. The summed E-state index contributed by atoms with van der Waals surface area (Å²) in [7, 11) is 0. The molecule has 4 nitrogen and oxygen atoms in total. The first-order valence-corrected chi connectivity index (χ1v) is 7.86. The van der Waals surface area contributed by atoms with E-state index in [1.54, 1.807) is 6.20 Å². The van der Waals surface area contributed by atoms with E-state index < -0.39 is 0 Å². The first-order chi connectivity index (χ1) is 10.8. The predicted octanol–water partition coefficient (Wildman–Crippen LogP) is 3.66. The van der Waals surface area contributed by atoms with Crippen molar-refractivity contribution in [3.63, 3.8) is 0 Å². The summed E-state index contributed by atoms with van der Waals surface area (Å²) >= 11 is 1.54. The molecule has 2 heterocycles. The summed E-state index contributed by atoms with van der Waals surface area (Å²) in [6.07, 6.45) is 3.62. The zero-order valence-corrected chi connectivity index (χ0v) is 12.5. The SMILES string of the molecule is O=C1Nc2ccccc2SC1c1nccn1-c1ccccc1. The van der Waals surface area contributed by atoms with Gasteiger partial charge in [0.05, 0.1) is 5.69 Å². The van der Waals surface area contributed by atoms with Gasteiger partial charge in [0.1, 0.15) is 11.1 Å². The maximum absolute atomic E-state index is 12.5. The lowest BCUT2D eigenvalue weighted by molar-refractivity contribution is -0.116. The monoisotopic (exact) mass is 307 g/mol. The second-order valence-corrected chi connectivity index (χ2v) is 6.12. The summed E-state index contributed by atoms with van der Waals surface area (Å²) in [5.41, 5.74) is 1.87. The predicted molar refractivity (Wildman–Crippen MR) is 87.2 cm³/mol. The van der Waals surface area contributed by atoms with Gasteiger partial charge in [-0.2, -0.15) is 0 Å². The minimum atomic E-state index is -0.356. The van der Waals surface area contributed by atoms with E-state index in [0.29, 0.717) is 0 Å². The molecule has 0 bridgehead atoms. The molecule has 1 amide bonds. The van der Waals surface area contributed by atoms with Crippen molar-refractivity contribution >= 4 is 23.4 Å². The van der Waals surface area contributed by atoms with Crippen molar-refractivity contribution in [3.05, 3.63) is 72.8 Å². The van der Waals surface area contributed by atoms with Crippen LogP contribution in [0.2, 0.25) is 0 Å². The van der Waals surface area contributed by atoms with Gasteiger partial charge in [-0.3, -0.25) is 4.79 Å². The second kappa shape index (κ2) is 5.35. The molecule has 5 heteroatoms. The molecular weight excluding hydrogens is 294 g/mol. The fraction of sp³-hybridized carbons (Fsp3) is 0.0588. The van der Waals surface area contributed by atoms with Gasteiger partial charge in [-0.1, -0.05) is 30.3 Å². The Hall–Kier alpha value is -2.53. The highest BCUT2D eigenvalue weighted by Gasteiger charge is 2.31. The van der Waals surface area contributed by atoms with Gasteiger partial charge in [-0.15, -0.1) is 11.8 Å². The minimum Gasteiger partial charge on any atom is -0.324 e. The van der Waals surface area contributed by atoms with Crippen LogP contribution in [0, 0.1) is 0 Å². The highest BCUT2D eigenvalue weighted by atomic mass is 32.2. The van der Waals surface area contributed by atoms with E-state index in [-0.39, 0.29) is 11.2 Å². The van der Waals surface area contributed by atoms with E-state index in [2.05, 4.69) is 10.3 Å². The minimum absolute atomic E-state index is 0.0351. The maximum Gasteiger partial charge on any atom is 0.245 e. The molecule has 1 atom stereocenters. The van der Waals surface area contributed by atoms with Gasteiger partial charge in [0.2, 0.25) is 5.91 Å². The van der Waals surface area contributed by atoms with Crippen molar-refractivity contribution in [1.82, 2.24) is 9.55 Å². The number of hydrogen-bond donors (Lipinski definition) is 1. The first-order valence-electron chi connectivity index (χ1n) is 6.98. The fourth-order valence-electron chi connectivity index (χ4n) is 2.54. The van der Waals surface area contributed by atoms with Crippen LogP contribution in [0.3, 0.4) is 0 Å². The molecule has 1 aromatic heterocycles. The Bertz CT molecular complexity index is 829. The van der Waals surface area contributed by atoms with E-state index >= 15 is 0 Å². The number of amides is 1. The maximum atomic E-state index is 12.5. The Balaban J connectivity index is 1.75. The molecule has 1 N–H and O–H groups in total. The van der Waals surface area contributed by atoms with Gasteiger partial charge < -0.3 is 9.88 Å². The summed E-state index contributed by atoms with van der Waals surface area (Å²) in [5, 5.41) is 2.61. The number of rotatable bonds is 2. The van der Waals surface area contributed by atoms with Gasteiger partial charge in [0.15, 0.2) is 0 Å². The number of hydrogen-bond acceptors (Lipinski definition) is 3. The number of carbonyl (C=O) groups is 1. The Morgan fingerprint density at radius 3 is 2.68 bits per heavy atom. The molecular formula is C17H13N3OS. The van der Waals surface area contributed by atoms with Crippen molar-refractivity contribution in [2.75, 3.05) is 5.32 Å². The molecule has 22 heavy (non-hydrogen) atoms. The Morgan fingerprint density at radius 2 is 1.82 bits per heavy atom. The fourth-order valence-corrected chi connectivity index (χ4v) is 3.64. The molecule has 0 saturated heterocycles. The molecule has 108 valence electrons. The van der Waals surface area contributed by atoms with Crippen LogP contribution in [-0.2, 0) is 4.79 Å². The van der Waals surface area contributed by atoms with Crippen molar-refractivity contribution < 1.29 is 4.79 Å². The molecule has 0 fully saturated rings. The topological polar surface area (TPSA) is 46.9 Å². The first kappa shape index (κ1) is 13.2. The molecule has 2 aromatic carbocycles. The average molecular weight is 307 g/mol. The molecule has 3 aromatic rings. The normalized spacial score (nSPS) is 16.9. The highest BCUT2D eigenvalue weighted by molar-refractivity contribution is 8.00. The Morgan fingerprint density at radius 1 is 1.05 bits per heavy atom. The van der Waals surface area contributed by atoms with E-state index in [0.717, 1.165) is 22.1 Å². The van der Waals surface area contributed by atoms with Crippen LogP contribution in [0.5, 0.6) is 0 Å². The lowest BCUT2D eigenvalue weighted by atomic mass is 10.2. The number of benzene rings is 2. The summed E-state index contributed by atoms with van der Waals surface area (Å²) in [4.78, 5) is 17.9. The molecule has 0 saturated carbocycles. The molecule has 0 radical (unpaired) electrons. The molecule has 0 aliphatic carbocycles. The number of fused-ring (bicyclic) bond motifs is 1. The van der Waals surface area contributed by atoms with Crippen molar-refractivity contribution in [1.29, 1.82) is 0 Å². The third-order valence-electron chi connectivity index (χ3n) is 3.57. The average Bonchev–Trinajstić information content (AvgIpc) is 3.04. The number of aromatic nitrogens is 2. The number of para-hydroxylation sites is 2. The Labute approximate surface area is 132 Å². The molecule has 1 unspecified atom stereocenters. The van der Waals surface area contributed by atoms with Crippen LogP contribution >= 0.6 is 11.8 Å². The molecule has 1 aliphatic heterocycles. The van der Waals surface area contributed by atoms with E-state index in [1.807, 2.05) is 65.4 Å². The van der Waals surface area contributed by atoms with Crippen LogP contribution in [-0.4, -0.2) is 15.5 Å². The second-order valence-electron chi connectivity index (χ2n) is 4.97. The third kappa shape index (κ3) is 2.19. The zero-order chi connectivity index (χ0) is 14.9. The number of carbonyl (C=O) groups excluding carboxylic acids is 1. The van der Waals surface area contributed by atoms with E-state index in [1.165, 1.54) is 11.8 Å². The molecule has 1 aliphatic rings. The lowest BCUT2D eigenvalue weighted by Gasteiger charge is -2.24. The standard InChI is InChI=1S/C17H13N3OS/c21-17-15(22-14-9-5-4-8-13(14)19-17)16-18-10-11-20(16)12-6-2-1-3-7-12/h1-11,15H,(H,19,21). The summed E-state index contributed by atoms with van der Waals surface area (Å²) in [6.45, 7) is 0. The van der Waals surface area contributed by atoms with Gasteiger partial charge in [0, 0.05) is 23.0 Å². The summed E-state index contributed by atoms with van der Waals surface area (Å²) < 4.78 is 1.96.